The third-order valence-electron chi connectivity index (χ3n) is 3.79. The van der Waals surface area contributed by atoms with Crippen molar-refractivity contribution in [1.29, 1.82) is 0 Å². The predicted octanol–water partition coefficient (Wildman–Crippen LogP) is 4.77. The van der Waals surface area contributed by atoms with E-state index in [4.69, 9.17) is 5.48 Å². The molecule has 0 aliphatic heterocycles. The molecule has 0 fully saturated rings. The molecule has 22 heavy (non-hydrogen) atoms. The second-order valence-electron chi connectivity index (χ2n) is 5.59. The van der Waals surface area contributed by atoms with Crippen molar-refractivity contribution in [1.82, 2.24) is 14.8 Å². The monoisotopic (exact) mass is 297 g/mol. The van der Waals surface area contributed by atoms with Gasteiger partial charge in [0, 0.05) is 22.2 Å². The van der Waals surface area contributed by atoms with E-state index in [0.717, 1.165) is 27.5 Å². The number of H-pyrrole nitrogens is 1. The lowest BCUT2D eigenvalue weighted by atomic mass is 10.1. The minimum Gasteiger partial charge on any atom is -0.313 e. The van der Waals surface area contributed by atoms with E-state index in [0.29, 0.717) is 0 Å². The van der Waals surface area contributed by atoms with Crippen molar-refractivity contribution < 1.29 is 9.87 Å². The third kappa shape index (κ3) is 1.91. The van der Waals surface area contributed by atoms with Gasteiger partial charge in [-0.3, -0.25) is 5.10 Å². The third-order valence-corrected chi connectivity index (χ3v) is 3.79. The van der Waals surface area contributed by atoms with E-state index < -0.39 is 30.0 Å². The largest absolute Gasteiger partial charge is 0.313 e. The first-order chi connectivity index (χ1) is 12.3. The number of halogens is 1. The van der Waals surface area contributed by atoms with Crippen molar-refractivity contribution in [2.75, 3.05) is 0 Å². The zero-order valence-electron chi connectivity index (χ0n) is 16.2. The Kier molecular flexibility index (Phi) is 2.01. The molecule has 110 valence electrons. The van der Waals surface area contributed by atoms with Gasteiger partial charge in [0.05, 0.1) is 22.7 Å². The van der Waals surface area contributed by atoms with Crippen molar-refractivity contribution in [3.8, 4) is 5.69 Å². The molecule has 0 aliphatic rings. The maximum atomic E-state index is 14.0. The van der Waals surface area contributed by atoms with Crippen LogP contribution in [0.2, 0.25) is 0 Å². The van der Waals surface area contributed by atoms with Crippen molar-refractivity contribution in [2.24, 2.45) is 0 Å². The topological polar surface area (TPSA) is 33.6 Å². The van der Waals surface area contributed by atoms with Gasteiger partial charge in [0.15, 0.2) is 0 Å². The Morgan fingerprint density at radius 2 is 1.91 bits per heavy atom. The molecule has 2 aromatic heterocycles. The summed E-state index contributed by atoms with van der Waals surface area (Å²) in [6.07, 6.45) is 1.68. The summed E-state index contributed by atoms with van der Waals surface area (Å²) in [4.78, 5) is 0. The SMILES string of the molecule is [2H]c1c([2H])c(-n2c(C(C)C)cc3cc4[nH]ncc4cc32)c([2H])c([2H])c1F. The Hall–Kier alpha value is -2.62. The molecule has 2 aromatic carbocycles. The number of hydrogen-bond donors (Lipinski definition) is 1. The maximum absolute atomic E-state index is 14.0. The van der Waals surface area contributed by atoms with E-state index in [-0.39, 0.29) is 11.6 Å². The van der Waals surface area contributed by atoms with Crippen LogP contribution in [0.5, 0.6) is 0 Å². The summed E-state index contributed by atoms with van der Waals surface area (Å²) in [6, 6.07) is 3.65. The molecule has 0 atom stereocenters. The lowest BCUT2D eigenvalue weighted by molar-refractivity contribution is 0.627. The first-order valence-electron chi connectivity index (χ1n) is 9.06. The van der Waals surface area contributed by atoms with Crippen LogP contribution < -0.4 is 0 Å². The second-order valence-corrected chi connectivity index (χ2v) is 5.59. The van der Waals surface area contributed by atoms with Gasteiger partial charge in [-0.1, -0.05) is 13.8 Å². The Balaban J connectivity index is 2.19. The number of aromatic amines is 1. The first kappa shape index (κ1) is 9.41. The fourth-order valence-corrected chi connectivity index (χ4v) is 2.75. The zero-order chi connectivity index (χ0) is 18.7. The van der Waals surface area contributed by atoms with Gasteiger partial charge in [-0.2, -0.15) is 5.10 Å². The molecule has 2 heterocycles. The van der Waals surface area contributed by atoms with Crippen molar-refractivity contribution in [3.63, 3.8) is 0 Å². The molecule has 4 aromatic rings. The van der Waals surface area contributed by atoms with E-state index in [2.05, 4.69) is 10.2 Å². The van der Waals surface area contributed by atoms with Crippen LogP contribution in [0.25, 0.3) is 27.5 Å². The number of nitrogens with zero attached hydrogens (tertiary/aromatic N) is 2. The normalized spacial score (nSPS) is 14.4. The van der Waals surface area contributed by atoms with Crippen LogP contribution >= 0.6 is 0 Å². The molecule has 0 amide bonds. The average Bonchev–Trinajstić information content (AvgIpc) is 3.21. The first-order valence-corrected chi connectivity index (χ1v) is 7.06. The molecule has 4 rings (SSSR count). The van der Waals surface area contributed by atoms with Crippen LogP contribution in [0.4, 0.5) is 4.39 Å². The fraction of sp³-hybridized carbons (Fsp3) is 0.167. The number of hydrogen-bond acceptors (Lipinski definition) is 1. The fourth-order valence-electron chi connectivity index (χ4n) is 2.75. The van der Waals surface area contributed by atoms with Crippen LogP contribution in [-0.2, 0) is 0 Å². The van der Waals surface area contributed by atoms with Crippen LogP contribution in [0.15, 0.2) is 48.6 Å². The molecule has 0 bridgehead atoms. The van der Waals surface area contributed by atoms with E-state index in [1.54, 1.807) is 10.8 Å². The summed E-state index contributed by atoms with van der Waals surface area (Å²) in [7, 11) is 0. The van der Waals surface area contributed by atoms with Gasteiger partial charge in [-0.25, -0.2) is 4.39 Å². The molecule has 0 unspecified atom stereocenters. The summed E-state index contributed by atoms with van der Waals surface area (Å²) >= 11 is 0. The van der Waals surface area contributed by atoms with Crippen LogP contribution in [0, 0.1) is 5.82 Å². The van der Waals surface area contributed by atoms with E-state index in [9.17, 15) is 4.39 Å². The minimum atomic E-state index is -1.14. The zero-order valence-corrected chi connectivity index (χ0v) is 12.2. The standard InChI is InChI=1S/C18H16FN3/c1-11(2)17-8-12-7-16-13(10-20-21-16)9-18(12)22(17)15-5-3-14(19)4-6-15/h3-11H,1-2H3,(H,20,21)/i3D,4D,5D,6D. The van der Waals surface area contributed by atoms with Gasteiger partial charge >= 0.3 is 0 Å². The van der Waals surface area contributed by atoms with Crippen molar-refractivity contribution >= 4 is 21.8 Å². The molecule has 3 nitrogen and oxygen atoms in total. The Bertz CT molecular complexity index is 1150. The highest BCUT2D eigenvalue weighted by Gasteiger charge is 2.14. The number of fused-ring (bicyclic) bond motifs is 2. The van der Waals surface area contributed by atoms with Gasteiger partial charge in [-0.05, 0) is 48.3 Å². The summed E-state index contributed by atoms with van der Waals surface area (Å²) in [5.41, 5.74) is 2.48. The molecular formula is C18H16FN3. The van der Waals surface area contributed by atoms with Gasteiger partial charge in [0.2, 0.25) is 0 Å². The number of rotatable bonds is 2. The maximum Gasteiger partial charge on any atom is 0.123 e. The highest BCUT2D eigenvalue weighted by Crippen LogP contribution is 2.31. The quantitative estimate of drug-likeness (QED) is 0.568. The van der Waals surface area contributed by atoms with Crippen LogP contribution in [0.3, 0.4) is 0 Å². The highest BCUT2D eigenvalue weighted by molar-refractivity contribution is 5.96. The van der Waals surface area contributed by atoms with Crippen molar-refractivity contribution in [3.05, 3.63) is 60.1 Å². The van der Waals surface area contributed by atoms with E-state index in [1.165, 1.54) is 0 Å². The molecule has 0 spiro atoms. The summed E-state index contributed by atoms with van der Waals surface area (Å²) in [5.74, 6) is -1.07. The number of aromatic nitrogens is 3. The Morgan fingerprint density at radius 1 is 1.14 bits per heavy atom. The van der Waals surface area contributed by atoms with Gasteiger partial charge < -0.3 is 4.57 Å². The van der Waals surface area contributed by atoms with Crippen molar-refractivity contribution in [2.45, 2.75) is 19.8 Å². The summed E-state index contributed by atoms with van der Waals surface area (Å²) in [6.45, 7) is 3.97. The van der Waals surface area contributed by atoms with E-state index >= 15 is 0 Å². The second kappa shape index (κ2) is 4.70. The highest BCUT2D eigenvalue weighted by atomic mass is 19.1. The molecule has 1 N–H and O–H groups in total. The summed E-state index contributed by atoms with van der Waals surface area (Å²) in [5, 5.41) is 8.68. The number of benzene rings is 2. The minimum absolute atomic E-state index is 0.0583. The van der Waals surface area contributed by atoms with Crippen LogP contribution in [0.1, 0.15) is 30.9 Å². The molecule has 0 saturated heterocycles. The average molecular weight is 297 g/mol. The van der Waals surface area contributed by atoms with E-state index in [1.807, 2.05) is 32.0 Å². The summed E-state index contributed by atoms with van der Waals surface area (Å²) < 4.78 is 47.8. The van der Waals surface area contributed by atoms with Gasteiger partial charge in [0.25, 0.3) is 0 Å². The van der Waals surface area contributed by atoms with Gasteiger partial charge in [-0.15, -0.1) is 0 Å². The molecule has 0 radical (unpaired) electrons. The predicted molar refractivity (Wildman–Crippen MR) is 87.0 cm³/mol. The Labute approximate surface area is 133 Å². The molecule has 0 aliphatic carbocycles. The molecule has 4 heteroatoms. The lowest BCUT2D eigenvalue weighted by Gasteiger charge is -2.13. The number of nitrogens with one attached hydrogen (secondary N) is 1. The lowest BCUT2D eigenvalue weighted by Crippen LogP contribution is -2.01. The van der Waals surface area contributed by atoms with Gasteiger partial charge in [0.1, 0.15) is 5.82 Å². The Morgan fingerprint density at radius 3 is 2.64 bits per heavy atom. The molecular weight excluding hydrogens is 277 g/mol. The van der Waals surface area contributed by atoms with Crippen LogP contribution in [-0.4, -0.2) is 14.8 Å². The molecule has 0 saturated carbocycles. The smallest absolute Gasteiger partial charge is 0.123 e.